The van der Waals surface area contributed by atoms with Crippen LogP contribution in [0.15, 0.2) is 42.5 Å². The van der Waals surface area contributed by atoms with E-state index in [1.165, 1.54) is 5.52 Å². The largest absolute Gasteiger partial charge is 0.454 e. The molecule has 0 bridgehead atoms. The fourth-order valence-electron chi connectivity index (χ4n) is 4.47. The molecule has 7 heteroatoms. The van der Waals surface area contributed by atoms with E-state index in [4.69, 9.17) is 14.5 Å². The van der Waals surface area contributed by atoms with Gasteiger partial charge in [0.25, 0.3) is 0 Å². The number of benzene rings is 2. The van der Waals surface area contributed by atoms with Gasteiger partial charge in [-0.25, -0.2) is 4.98 Å². The normalized spacial score (nSPS) is 16.1. The number of carbonyl (C=O) groups is 1. The Morgan fingerprint density at radius 1 is 1.13 bits per heavy atom. The van der Waals surface area contributed by atoms with Gasteiger partial charge in [0, 0.05) is 32.1 Å². The molecule has 31 heavy (non-hydrogen) atoms. The maximum atomic E-state index is 12.8. The molecule has 1 fully saturated rings. The first-order valence-corrected chi connectivity index (χ1v) is 11.1. The highest BCUT2D eigenvalue weighted by atomic mass is 16.7. The van der Waals surface area contributed by atoms with Crippen LogP contribution in [0.25, 0.3) is 11.0 Å². The molecule has 2 aliphatic rings. The molecule has 7 nitrogen and oxygen atoms in total. The minimum absolute atomic E-state index is 0.0364. The third kappa shape index (κ3) is 3.92. The van der Waals surface area contributed by atoms with Gasteiger partial charge in [-0.05, 0) is 49.1 Å². The molecular formula is C24H28N4O3. The lowest BCUT2D eigenvalue weighted by molar-refractivity contribution is -0.125. The van der Waals surface area contributed by atoms with Crippen LogP contribution in [0.1, 0.15) is 31.7 Å². The summed E-state index contributed by atoms with van der Waals surface area (Å²) in [5.74, 6) is 2.70. The fraction of sp³-hybridized carbons (Fsp3) is 0.417. The molecule has 1 N–H and O–H groups in total. The van der Waals surface area contributed by atoms with Gasteiger partial charge in [-0.3, -0.25) is 4.79 Å². The van der Waals surface area contributed by atoms with Gasteiger partial charge in [-0.1, -0.05) is 25.1 Å². The number of aromatic nitrogens is 2. The van der Waals surface area contributed by atoms with Crippen molar-refractivity contribution in [1.82, 2.24) is 14.9 Å². The minimum atomic E-state index is 0.0364. The zero-order valence-corrected chi connectivity index (χ0v) is 17.8. The molecule has 0 unspecified atom stereocenters. The predicted octanol–water partition coefficient (Wildman–Crippen LogP) is 3.71. The first-order valence-electron chi connectivity index (χ1n) is 11.1. The summed E-state index contributed by atoms with van der Waals surface area (Å²) in [5, 5.41) is 3.09. The van der Waals surface area contributed by atoms with Crippen molar-refractivity contribution in [3.8, 4) is 11.5 Å². The Labute approximate surface area is 182 Å². The fourth-order valence-corrected chi connectivity index (χ4v) is 4.47. The summed E-state index contributed by atoms with van der Waals surface area (Å²) < 4.78 is 13.1. The molecular weight excluding hydrogens is 392 g/mol. The Morgan fingerprint density at radius 3 is 2.77 bits per heavy atom. The summed E-state index contributed by atoms with van der Waals surface area (Å²) in [4.78, 5) is 20.0. The van der Waals surface area contributed by atoms with E-state index in [1.54, 1.807) is 0 Å². The van der Waals surface area contributed by atoms with E-state index >= 15 is 0 Å². The quantitative estimate of drug-likeness (QED) is 0.658. The van der Waals surface area contributed by atoms with E-state index in [2.05, 4.69) is 39.9 Å². The molecule has 3 heterocycles. The smallest absolute Gasteiger partial charge is 0.231 e. The second-order valence-electron chi connectivity index (χ2n) is 8.22. The number of imidazole rings is 1. The van der Waals surface area contributed by atoms with Gasteiger partial charge in [0.2, 0.25) is 18.6 Å². The van der Waals surface area contributed by atoms with Crippen molar-refractivity contribution in [2.45, 2.75) is 39.3 Å². The minimum Gasteiger partial charge on any atom is -0.454 e. The molecule has 1 amide bonds. The van der Waals surface area contributed by atoms with Crippen LogP contribution < -0.4 is 19.7 Å². The molecule has 5 rings (SSSR count). The van der Waals surface area contributed by atoms with Crippen molar-refractivity contribution in [1.29, 1.82) is 0 Å². The number of ether oxygens (including phenoxy) is 2. The van der Waals surface area contributed by atoms with Gasteiger partial charge < -0.3 is 24.3 Å². The summed E-state index contributed by atoms with van der Waals surface area (Å²) in [6.07, 6.45) is 2.73. The lowest BCUT2D eigenvalue weighted by atomic mass is 9.96. The third-order valence-corrected chi connectivity index (χ3v) is 6.13. The molecule has 0 atom stereocenters. The van der Waals surface area contributed by atoms with E-state index in [-0.39, 0.29) is 18.6 Å². The van der Waals surface area contributed by atoms with Crippen LogP contribution in [0.3, 0.4) is 0 Å². The van der Waals surface area contributed by atoms with Crippen LogP contribution in [0.2, 0.25) is 0 Å². The Hall–Kier alpha value is -3.22. The van der Waals surface area contributed by atoms with E-state index in [9.17, 15) is 4.79 Å². The Balaban J connectivity index is 1.20. The molecule has 0 radical (unpaired) electrons. The van der Waals surface area contributed by atoms with E-state index in [0.29, 0.717) is 6.54 Å². The van der Waals surface area contributed by atoms with Crippen molar-refractivity contribution in [3.05, 3.63) is 48.0 Å². The van der Waals surface area contributed by atoms with Gasteiger partial charge in [-0.15, -0.1) is 0 Å². The van der Waals surface area contributed by atoms with Crippen LogP contribution >= 0.6 is 0 Å². The van der Waals surface area contributed by atoms with Gasteiger partial charge in [0.1, 0.15) is 0 Å². The van der Waals surface area contributed by atoms with Crippen LogP contribution in [-0.4, -0.2) is 35.3 Å². The highest BCUT2D eigenvalue weighted by Gasteiger charge is 2.27. The van der Waals surface area contributed by atoms with Crippen molar-refractivity contribution >= 4 is 22.9 Å². The summed E-state index contributed by atoms with van der Waals surface area (Å²) in [6.45, 7) is 5.59. The average molecular weight is 421 g/mol. The highest BCUT2D eigenvalue weighted by Crippen LogP contribution is 2.32. The molecule has 1 aromatic heterocycles. The average Bonchev–Trinajstić information content (AvgIpc) is 3.42. The SMILES string of the molecule is CCCn1c(N2CCC(C(=O)NCc3ccc4c(c3)OCO4)CC2)nc2ccccc21. The second-order valence-corrected chi connectivity index (χ2v) is 8.22. The molecule has 2 aliphatic heterocycles. The van der Waals surface area contributed by atoms with Crippen LogP contribution in [-0.2, 0) is 17.9 Å². The molecule has 0 saturated carbocycles. The maximum Gasteiger partial charge on any atom is 0.231 e. The number of fused-ring (bicyclic) bond motifs is 2. The number of aryl methyl sites for hydroxylation is 1. The topological polar surface area (TPSA) is 68.6 Å². The number of hydrogen-bond donors (Lipinski definition) is 1. The lowest BCUT2D eigenvalue weighted by Crippen LogP contribution is -2.41. The van der Waals surface area contributed by atoms with Gasteiger partial charge >= 0.3 is 0 Å². The van der Waals surface area contributed by atoms with E-state index in [1.807, 2.05) is 24.3 Å². The first-order chi connectivity index (χ1) is 15.2. The van der Waals surface area contributed by atoms with E-state index in [0.717, 1.165) is 67.4 Å². The lowest BCUT2D eigenvalue weighted by Gasteiger charge is -2.32. The summed E-state index contributed by atoms with van der Waals surface area (Å²) >= 11 is 0. The summed E-state index contributed by atoms with van der Waals surface area (Å²) in [7, 11) is 0. The Bertz CT molecular complexity index is 1090. The Kier molecular flexibility index (Phi) is 5.40. The first kappa shape index (κ1) is 19.7. The molecule has 162 valence electrons. The molecule has 0 spiro atoms. The predicted molar refractivity (Wildman–Crippen MR) is 119 cm³/mol. The number of anilines is 1. The number of carbonyl (C=O) groups excluding carboxylic acids is 1. The van der Waals surface area contributed by atoms with Gasteiger partial charge in [0.05, 0.1) is 11.0 Å². The molecule has 2 aromatic carbocycles. The van der Waals surface area contributed by atoms with Crippen molar-refractivity contribution in [2.75, 3.05) is 24.8 Å². The summed E-state index contributed by atoms with van der Waals surface area (Å²) in [6, 6.07) is 14.1. The number of para-hydroxylation sites is 2. The Morgan fingerprint density at radius 2 is 1.94 bits per heavy atom. The number of hydrogen-bond acceptors (Lipinski definition) is 5. The monoisotopic (exact) mass is 420 g/mol. The van der Waals surface area contributed by atoms with Gasteiger partial charge in [0.15, 0.2) is 11.5 Å². The van der Waals surface area contributed by atoms with Crippen LogP contribution in [0.5, 0.6) is 11.5 Å². The molecule has 3 aromatic rings. The second kappa shape index (κ2) is 8.49. The summed E-state index contributed by atoms with van der Waals surface area (Å²) in [5.41, 5.74) is 3.24. The maximum absolute atomic E-state index is 12.8. The standard InChI is InChI=1S/C24H28N4O3/c1-2-11-28-20-6-4-3-5-19(20)26-24(28)27-12-9-18(10-13-27)23(29)25-15-17-7-8-21-22(14-17)31-16-30-21/h3-8,14,18H,2,9-13,15-16H2,1H3,(H,25,29). The van der Waals surface area contributed by atoms with E-state index < -0.39 is 0 Å². The number of nitrogens with zero attached hydrogens (tertiary/aromatic N) is 3. The van der Waals surface area contributed by atoms with Crippen molar-refractivity contribution < 1.29 is 14.3 Å². The molecule has 1 saturated heterocycles. The van der Waals surface area contributed by atoms with Gasteiger partial charge in [-0.2, -0.15) is 0 Å². The van der Waals surface area contributed by atoms with Crippen LogP contribution in [0, 0.1) is 5.92 Å². The third-order valence-electron chi connectivity index (χ3n) is 6.13. The zero-order valence-electron chi connectivity index (χ0n) is 17.8. The number of nitrogens with one attached hydrogen (secondary N) is 1. The highest BCUT2D eigenvalue weighted by molar-refractivity contribution is 5.80. The van der Waals surface area contributed by atoms with Crippen LogP contribution in [0.4, 0.5) is 5.95 Å². The number of rotatable bonds is 6. The van der Waals surface area contributed by atoms with Crippen molar-refractivity contribution in [2.24, 2.45) is 5.92 Å². The molecule has 0 aliphatic carbocycles. The number of amides is 1. The van der Waals surface area contributed by atoms with Crippen molar-refractivity contribution in [3.63, 3.8) is 0 Å². The zero-order chi connectivity index (χ0) is 21.2. The number of piperidine rings is 1.